The van der Waals surface area contributed by atoms with E-state index >= 15 is 0 Å². The monoisotopic (exact) mass is 375 g/mol. The van der Waals surface area contributed by atoms with Gasteiger partial charge in [-0.05, 0) is 34.1 Å². The number of rotatable bonds is 3. The van der Waals surface area contributed by atoms with E-state index < -0.39 is 11.7 Å². The number of carbonyl (C=O) groups excluding carboxylic acids is 1. The van der Waals surface area contributed by atoms with Gasteiger partial charge in [-0.2, -0.15) is 0 Å². The second kappa shape index (κ2) is 6.25. The number of hydrogen-bond acceptors (Lipinski definition) is 4. The van der Waals surface area contributed by atoms with E-state index in [-0.39, 0.29) is 5.56 Å². The van der Waals surface area contributed by atoms with Gasteiger partial charge in [0, 0.05) is 18.3 Å². The summed E-state index contributed by atoms with van der Waals surface area (Å²) in [5.74, 6) is -0.574. The topological polar surface area (TPSA) is 72.7 Å². The van der Waals surface area contributed by atoms with Gasteiger partial charge in [-0.1, -0.05) is 12.1 Å². The first kappa shape index (κ1) is 15.3. The average Bonchev–Trinajstić information content (AvgIpc) is 2.96. The van der Waals surface area contributed by atoms with Gasteiger partial charge in [-0.3, -0.25) is 4.79 Å². The highest BCUT2D eigenvalue weighted by atomic mass is 79.9. The lowest BCUT2D eigenvalue weighted by Gasteiger charge is -2.08. The normalized spacial score (nSPS) is 10.6. The second-order valence-electron chi connectivity index (χ2n) is 4.79. The summed E-state index contributed by atoms with van der Waals surface area (Å²) in [5.41, 5.74) is 1.23. The number of nitrogens with one attached hydrogen (secondary N) is 1. The molecule has 0 radical (unpaired) electrons. The van der Waals surface area contributed by atoms with Gasteiger partial charge in [0.15, 0.2) is 11.6 Å². The van der Waals surface area contributed by atoms with E-state index in [2.05, 4.69) is 36.4 Å². The number of aryl methyl sites for hydroxylation is 1. The molecule has 0 saturated heterocycles. The molecule has 3 aromatic rings. The van der Waals surface area contributed by atoms with Crippen molar-refractivity contribution in [3.05, 3.63) is 58.8 Å². The van der Waals surface area contributed by atoms with Gasteiger partial charge in [-0.25, -0.2) is 9.37 Å². The van der Waals surface area contributed by atoms with Crippen LogP contribution in [0.3, 0.4) is 0 Å². The summed E-state index contributed by atoms with van der Waals surface area (Å²) in [6.07, 6.45) is 2.58. The smallest absolute Gasteiger partial charge is 0.258 e. The molecule has 8 heteroatoms. The standard InChI is InChI=1S/C15H11BrFN5O/c1-22-8-19-21-14(22)9-3-2-4-10(5-9)20-15(23)11-6-13(16)18-7-12(11)17/h2-8H,1H3,(H,20,23). The largest absolute Gasteiger partial charge is 0.322 e. The summed E-state index contributed by atoms with van der Waals surface area (Å²) in [7, 11) is 1.82. The third kappa shape index (κ3) is 3.26. The summed E-state index contributed by atoms with van der Waals surface area (Å²) in [5, 5.41) is 10.5. The minimum absolute atomic E-state index is 0.0871. The van der Waals surface area contributed by atoms with Crippen molar-refractivity contribution in [2.24, 2.45) is 7.05 Å². The molecule has 0 aliphatic rings. The van der Waals surface area contributed by atoms with Crippen LogP contribution in [-0.4, -0.2) is 25.7 Å². The molecule has 2 heterocycles. The van der Waals surface area contributed by atoms with Crippen LogP contribution in [0.4, 0.5) is 10.1 Å². The van der Waals surface area contributed by atoms with Crippen molar-refractivity contribution in [2.45, 2.75) is 0 Å². The minimum atomic E-state index is -0.685. The highest BCUT2D eigenvalue weighted by Crippen LogP contribution is 2.21. The molecule has 23 heavy (non-hydrogen) atoms. The molecule has 0 spiro atoms. The van der Waals surface area contributed by atoms with Crippen molar-refractivity contribution >= 4 is 27.5 Å². The van der Waals surface area contributed by atoms with E-state index in [1.165, 1.54) is 6.07 Å². The second-order valence-corrected chi connectivity index (χ2v) is 5.60. The Hall–Kier alpha value is -2.61. The number of hydrogen-bond donors (Lipinski definition) is 1. The molecule has 0 aliphatic carbocycles. The molecule has 0 fully saturated rings. The Labute approximate surface area is 139 Å². The van der Waals surface area contributed by atoms with Crippen LogP contribution in [0.2, 0.25) is 0 Å². The highest BCUT2D eigenvalue weighted by Gasteiger charge is 2.14. The van der Waals surface area contributed by atoms with Crippen LogP contribution in [0, 0.1) is 5.82 Å². The lowest BCUT2D eigenvalue weighted by atomic mass is 10.1. The van der Waals surface area contributed by atoms with Crippen molar-refractivity contribution in [2.75, 3.05) is 5.32 Å². The van der Waals surface area contributed by atoms with Gasteiger partial charge < -0.3 is 9.88 Å². The molecule has 1 amide bonds. The third-order valence-corrected chi connectivity index (χ3v) is 3.59. The van der Waals surface area contributed by atoms with Crippen molar-refractivity contribution in [3.63, 3.8) is 0 Å². The van der Waals surface area contributed by atoms with Crippen LogP contribution in [0.1, 0.15) is 10.4 Å². The molecule has 1 N–H and O–H groups in total. The first-order valence-corrected chi connectivity index (χ1v) is 7.41. The van der Waals surface area contributed by atoms with Crippen LogP contribution in [0.25, 0.3) is 11.4 Å². The zero-order valence-corrected chi connectivity index (χ0v) is 13.6. The lowest BCUT2D eigenvalue weighted by molar-refractivity contribution is 0.102. The molecule has 0 bridgehead atoms. The van der Waals surface area contributed by atoms with Crippen molar-refractivity contribution in [3.8, 4) is 11.4 Å². The quantitative estimate of drug-likeness (QED) is 0.714. The number of carbonyl (C=O) groups is 1. The highest BCUT2D eigenvalue weighted by molar-refractivity contribution is 9.10. The fraction of sp³-hybridized carbons (Fsp3) is 0.0667. The van der Waals surface area contributed by atoms with E-state index in [0.717, 1.165) is 11.8 Å². The van der Waals surface area contributed by atoms with Crippen LogP contribution < -0.4 is 5.32 Å². The van der Waals surface area contributed by atoms with Gasteiger partial charge in [0.25, 0.3) is 5.91 Å². The van der Waals surface area contributed by atoms with Gasteiger partial charge in [-0.15, -0.1) is 10.2 Å². The van der Waals surface area contributed by atoms with E-state index in [4.69, 9.17) is 0 Å². The molecule has 0 aliphatic heterocycles. The molecule has 6 nitrogen and oxygen atoms in total. The number of benzene rings is 1. The maximum Gasteiger partial charge on any atom is 0.258 e. The third-order valence-electron chi connectivity index (χ3n) is 3.16. The number of nitrogens with zero attached hydrogens (tertiary/aromatic N) is 4. The number of aromatic nitrogens is 4. The van der Waals surface area contributed by atoms with E-state index in [1.54, 1.807) is 29.1 Å². The minimum Gasteiger partial charge on any atom is -0.322 e. The van der Waals surface area contributed by atoms with Crippen LogP contribution in [0.5, 0.6) is 0 Å². The molecule has 2 aromatic heterocycles. The van der Waals surface area contributed by atoms with Crippen LogP contribution >= 0.6 is 15.9 Å². The molecular formula is C15H11BrFN5O. The van der Waals surface area contributed by atoms with Crippen LogP contribution in [-0.2, 0) is 7.05 Å². The summed E-state index contributed by atoms with van der Waals surface area (Å²) in [4.78, 5) is 15.9. The van der Waals surface area contributed by atoms with Gasteiger partial charge in [0.05, 0.1) is 11.8 Å². The van der Waals surface area contributed by atoms with Crippen molar-refractivity contribution in [1.29, 1.82) is 0 Å². The summed E-state index contributed by atoms with van der Waals surface area (Å²) >= 11 is 3.12. The zero-order chi connectivity index (χ0) is 16.4. The fourth-order valence-corrected chi connectivity index (χ4v) is 2.40. The van der Waals surface area contributed by atoms with Crippen molar-refractivity contribution in [1.82, 2.24) is 19.7 Å². The summed E-state index contributed by atoms with van der Waals surface area (Å²) < 4.78 is 15.9. The summed E-state index contributed by atoms with van der Waals surface area (Å²) in [6.45, 7) is 0. The maximum absolute atomic E-state index is 13.7. The van der Waals surface area contributed by atoms with Crippen LogP contribution in [0.15, 0.2) is 47.5 Å². The Morgan fingerprint density at radius 1 is 1.35 bits per heavy atom. The van der Waals surface area contributed by atoms with Crippen molar-refractivity contribution < 1.29 is 9.18 Å². The molecule has 0 atom stereocenters. The number of anilines is 1. The first-order chi connectivity index (χ1) is 11.0. The molecule has 0 saturated carbocycles. The van der Waals surface area contributed by atoms with E-state index in [0.29, 0.717) is 16.1 Å². The Kier molecular flexibility index (Phi) is 4.16. The molecule has 3 rings (SSSR count). The Balaban J connectivity index is 1.87. The Morgan fingerprint density at radius 2 is 2.17 bits per heavy atom. The molecule has 0 unspecified atom stereocenters. The predicted octanol–water partition coefficient (Wildman–Crippen LogP) is 3.03. The predicted molar refractivity (Wildman–Crippen MR) is 86.3 cm³/mol. The first-order valence-electron chi connectivity index (χ1n) is 6.61. The number of pyridine rings is 1. The summed E-state index contributed by atoms with van der Waals surface area (Å²) in [6, 6.07) is 8.42. The maximum atomic E-state index is 13.7. The van der Waals surface area contributed by atoms with E-state index in [1.807, 2.05) is 13.1 Å². The van der Waals surface area contributed by atoms with Gasteiger partial charge >= 0.3 is 0 Å². The number of amides is 1. The Bertz CT molecular complexity index is 880. The number of halogens is 2. The van der Waals surface area contributed by atoms with Gasteiger partial charge in [0.2, 0.25) is 0 Å². The Morgan fingerprint density at radius 3 is 2.91 bits per heavy atom. The lowest BCUT2D eigenvalue weighted by Crippen LogP contribution is -2.14. The molecular weight excluding hydrogens is 365 g/mol. The molecule has 116 valence electrons. The average molecular weight is 376 g/mol. The van der Waals surface area contributed by atoms with E-state index in [9.17, 15) is 9.18 Å². The van der Waals surface area contributed by atoms with Gasteiger partial charge in [0.1, 0.15) is 10.9 Å². The molecule has 1 aromatic carbocycles. The SMILES string of the molecule is Cn1cnnc1-c1cccc(NC(=O)c2cc(Br)ncc2F)c1. The fourth-order valence-electron chi connectivity index (χ4n) is 2.07. The zero-order valence-electron chi connectivity index (χ0n) is 12.0.